The number of halogens is 2. The zero-order valence-corrected chi connectivity index (χ0v) is 18.5. The number of rotatable bonds is 8. The first-order valence-corrected chi connectivity index (χ1v) is 10.8. The molecular weight excluding hydrogens is 415 g/mol. The second-order valence-electron chi connectivity index (χ2n) is 6.43. The molecule has 0 bridgehead atoms. The number of carbonyl (C=O) groups is 2. The van der Waals surface area contributed by atoms with Gasteiger partial charge in [-0.3, -0.25) is 9.59 Å². The predicted octanol–water partition coefficient (Wildman–Crippen LogP) is 4.70. The van der Waals surface area contributed by atoms with E-state index in [-0.39, 0.29) is 24.1 Å². The van der Waals surface area contributed by atoms with Gasteiger partial charge in [-0.1, -0.05) is 53.5 Å². The van der Waals surface area contributed by atoms with E-state index in [1.807, 2.05) is 12.1 Å². The minimum Gasteiger partial charge on any atom is -0.357 e. The Bertz CT molecular complexity index is 825. The van der Waals surface area contributed by atoms with Crippen LogP contribution in [0, 0.1) is 6.92 Å². The molecule has 0 spiro atoms. The van der Waals surface area contributed by atoms with Crippen molar-refractivity contribution in [2.75, 3.05) is 12.8 Å². The number of thioether (sulfide) groups is 1. The molecule has 2 aromatic carbocycles. The lowest BCUT2D eigenvalue weighted by Gasteiger charge is -2.29. The minimum atomic E-state index is -0.635. The maximum atomic E-state index is 12.9. The fourth-order valence-electron chi connectivity index (χ4n) is 2.75. The topological polar surface area (TPSA) is 49.4 Å². The number of amides is 2. The largest absolute Gasteiger partial charge is 0.357 e. The van der Waals surface area contributed by atoms with Crippen molar-refractivity contribution in [3.05, 3.63) is 69.2 Å². The van der Waals surface area contributed by atoms with Crippen molar-refractivity contribution in [1.29, 1.82) is 0 Å². The quantitative estimate of drug-likeness (QED) is 0.649. The molecule has 150 valence electrons. The van der Waals surface area contributed by atoms with Gasteiger partial charge in [-0.2, -0.15) is 0 Å². The molecule has 0 saturated carbocycles. The van der Waals surface area contributed by atoms with Gasteiger partial charge in [-0.05, 0) is 37.1 Å². The molecule has 1 atom stereocenters. The summed E-state index contributed by atoms with van der Waals surface area (Å²) in [5.74, 6) is 0.622. The van der Waals surface area contributed by atoms with E-state index in [9.17, 15) is 9.59 Å². The Kier molecular flexibility index (Phi) is 8.67. The number of hydrogen-bond donors (Lipinski definition) is 1. The van der Waals surface area contributed by atoms with Crippen molar-refractivity contribution in [2.24, 2.45) is 0 Å². The van der Waals surface area contributed by atoms with Crippen molar-refractivity contribution < 1.29 is 9.59 Å². The molecule has 0 radical (unpaired) electrons. The number of likely N-dealkylation sites (N-methyl/N-ethyl adjacent to an activating group) is 1. The van der Waals surface area contributed by atoms with Crippen LogP contribution in [0.3, 0.4) is 0 Å². The van der Waals surface area contributed by atoms with Gasteiger partial charge in [0.2, 0.25) is 11.8 Å². The molecule has 2 amide bonds. The van der Waals surface area contributed by atoms with Crippen LogP contribution in [0.5, 0.6) is 0 Å². The molecule has 0 heterocycles. The van der Waals surface area contributed by atoms with Crippen LogP contribution in [-0.4, -0.2) is 35.6 Å². The highest BCUT2D eigenvalue weighted by atomic mass is 35.5. The second-order valence-corrected chi connectivity index (χ2v) is 8.23. The molecule has 0 aromatic heterocycles. The van der Waals surface area contributed by atoms with Gasteiger partial charge in [0.05, 0.1) is 5.75 Å². The average molecular weight is 439 g/mol. The van der Waals surface area contributed by atoms with Crippen LogP contribution in [0.15, 0.2) is 42.5 Å². The minimum absolute atomic E-state index is 0.134. The second kappa shape index (κ2) is 10.7. The Morgan fingerprint density at radius 3 is 2.36 bits per heavy atom. The molecule has 7 heteroatoms. The number of hydrogen-bond acceptors (Lipinski definition) is 3. The van der Waals surface area contributed by atoms with Crippen LogP contribution < -0.4 is 5.32 Å². The average Bonchev–Trinajstić information content (AvgIpc) is 2.68. The maximum Gasteiger partial charge on any atom is 0.242 e. The Hall–Kier alpha value is -1.69. The molecule has 0 unspecified atom stereocenters. The third kappa shape index (κ3) is 5.90. The highest BCUT2D eigenvalue weighted by Crippen LogP contribution is 2.27. The molecule has 0 aliphatic heterocycles. The highest BCUT2D eigenvalue weighted by Gasteiger charge is 2.26. The van der Waals surface area contributed by atoms with Crippen LogP contribution in [0.1, 0.15) is 23.6 Å². The van der Waals surface area contributed by atoms with Crippen LogP contribution in [-0.2, 0) is 21.9 Å². The highest BCUT2D eigenvalue weighted by molar-refractivity contribution is 7.99. The lowest BCUT2D eigenvalue weighted by Crippen LogP contribution is -2.47. The van der Waals surface area contributed by atoms with Crippen molar-refractivity contribution in [1.82, 2.24) is 10.2 Å². The normalized spacial score (nSPS) is 11.8. The summed E-state index contributed by atoms with van der Waals surface area (Å²) in [6.07, 6.45) is 0. The van der Waals surface area contributed by atoms with E-state index in [0.717, 1.165) is 5.75 Å². The first kappa shape index (κ1) is 22.6. The van der Waals surface area contributed by atoms with Crippen LogP contribution in [0.25, 0.3) is 0 Å². The number of nitrogens with one attached hydrogen (secondary N) is 1. The lowest BCUT2D eigenvalue weighted by atomic mass is 10.1. The summed E-state index contributed by atoms with van der Waals surface area (Å²) in [4.78, 5) is 26.7. The number of aryl methyl sites for hydroxylation is 1. The van der Waals surface area contributed by atoms with Crippen LogP contribution in [0.4, 0.5) is 0 Å². The third-order valence-corrected chi connectivity index (χ3v) is 6.22. The molecule has 1 N–H and O–H groups in total. The van der Waals surface area contributed by atoms with Gasteiger partial charge in [0.25, 0.3) is 0 Å². The van der Waals surface area contributed by atoms with Crippen LogP contribution in [0.2, 0.25) is 10.0 Å². The summed E-state index contributed by atoms with van der Waals surface area (Å²) >= 11 is 14.1. The van der Waals surface area contributed by atoms with Gasteiger partial charge in [-0.15, -0.1) is 11.8 Å². The fraction of sp³-hybridized carbons (Fsp3) is 0.333. The third-order valence-electron chi connectivity index (χ3n) is 4.55. The lowest BCUT2D eigenvalue weighted by molar-refractivity contribution is -0.138. The standard InChI is InChI=1S/C21H24Cl2N2O2S/c1-14-7-4-5-8-16(14)12-28-13-20(26)25(15(2)21(27)24-3)11-17-18(22)9-6-10-19(17)23/h4-10,15H,11-13H2,1-3H3,(H,24,27)/t15-/m0/s1. The summed E-state index contributed by atoms with van der Waals surface area (Å²) in [6.45, 7) is 3.93. The predicted molar refractivity (Wildman–Crippen MR) is 118 cm³/mol. The summed E-state index contributed by atoms with van der Waals surface area (Å²) in [5, 5.41) is 3.55. The SMILES string of the molecule is CNC(=O)[C@H](C)N(Cc1c(Cl)cccc1Cl)C(=O)CSCc1ccccc1C. The number of nitrogens with zero attached hydrogens (tertiary/aromatic N) is 1. The zero-order valence-electron chi connectivity index (χ0n) is 16.2. The first-order valence-electron chi connectivity index (χ1n) is 8.91. The van der Waals surface area contributed by atoms with E-state index in [2.05, 4.69) is 24.4 Å². The molecule has 4 nitrogen and oxygen atoms in total. The van der Waals surface area contributed by atoms with Crippen molar-refractivity contribution in [3.8, 4) is 0 Å². The van der Waals surface area contributed by atoms with Crippen LogP contribution >= 0.6 is 35.0 Å². The zero-order chi connectivity index (χ0) is 20.7. The smallest absolute Gasteiger partial charge is 0.242 e. The number of benzene rings is 2. The van der Waals surface area contributed by atoms with E-state index >= 15 is 0 Å². The van der Waals surface area contributed by atoms with Crippen molar-refractivity contribution >= 4 is 46.8 Å². The molecule has 2 rings (SSSR count). The first-order chi connectivity index (χ1) is 13.3. The van der Waals surface area contributed by atoms with Gasteiger partial charge < -0.3 is 10.2 Å². The maximum absolute atomic E-state index is 12.9. The Balaban J connectivity index is 2.13. The summed E-state index contributed by atoms with van der Waals surface area (Å²) in [7, 11) is 1.55. The van der Waals surface area contributed by atoms with E-state index < -0.39 is 6.04 Å². The van der Waals surface area contributed by atoms with E-state index in [1.165, 1.54) is 27.8 Å². The monoisotopic (exact) mass is 438 g/mol. The van der Waals surface area contributed by atoms with Crippen molar-refractivity contribution in [2.45, 2.75) is 32.2 Å². The molecule has 0 saturated heterocycles. The van der Waals surface area contributed by atoms with Gasteiger partial charge in [0, 0.05) is 35.0 Å². The number of carbonyl (C=O) groups excluding carboxylic acids is 2. The molecular formula is C21H24Cl2N2O2S. The van der Waals surface area contributed by atoms with Gasteiger partial charge in [0.15, 0.2) is 0 Å². The van der Waals surface area contributed by atoms with Crippen molar-refractivity contribution in [3.63, 3.8) is 0 Å². The fourth-order valence-corrected chi connectivity index (χ4v) is 4.25. The Morgan fingerprint density at radius 2 is 1.75 bits per heavy atom. The van der Waals surface area contributed by atoms with E-state index in [4.69, 9.17) is 23.2 Å². The molecule has 0 aliphatic rings. The van der Waals surface area contributed by atoms with E-state index in [0.29, 0.717) is 15.6 Å². The summed E-state index contributed by atoms with van der Waals surface area (Å²) in [5.41, 5.74) is 3.03. The molecule has 2 aromatic rings. The Labute approximate surface area is 180 Å². The molecule has 0 fully saturated rings. The van der Waals surface area contributed by atoms with Gasteiger partial charge in [-0.25, -0.2) is 0 Å². The van der Waals surface area contributed by atoms with Gasteiger partial charge >= 0.3 is 0 Å². The van der Waals surface area contributed by atoms with E-state index in [1.54, 1.807) is 32.2 Å². The van der Waals surface area contributed by atoms with Gasteiger partial charge in [0.1, 0.15) is 6.04 Å². The Morgan fingerprint density at radius 1 is 1.11 bits per heavy atom. The molecule has 0 aliphatic carbocycles. The summed E-state index contributed by atoms with van der Waals surface area (Å²) in [6, 6.07) is 12.7. The summed E-state index contributed by atoms with van der Waals surface area (Å²) < 4.78 is 0. The molecule has 28 heavy (non-hydrogen) atoms.